The zero-order valence-corrected chi connectivity index (χ0v) is 12.8. The minimum absolute atomic E-state index is 0.265. The third-order valence-corrected chi connectivity index (χ3v) is 3.68. The van der Waals surface area contributed by atoms with E-state index in [-0.39, 0.29) is 11.8 Å². The van der Waals surface area contributed by atoms with Gasteiger partial charge in [-0.05, 0) is 26.2 Å². The number of aryl methyl sites for hydroxylation is 2. The maximum atomic E-state index is 12.1. The zero-order chi connectivity index (χ0) is 14.6. The van der Waals surface area contributed by atoms with Gasteiger partial charge in [-0.25, -0.2) is 9.78 Å². The lowest BCUT2D eigenvalue weighted by atomic mass is 10.0. The zero-order valence-electron chi connectivity index (χ0n) is 11.9. The molecule has 1 rings (SSSR count). The largest absolute Gasteiger partial charge is 0.467 e. The lowest BCUT2D eigenvalue weighted by Crippen LogP contribution is -2.42. The van der Waals surface area contributed by atoms with Gasteiger partial charge in [0.2, 0.25) is 0 Å². The number of carbonyl (C=O) groups is 2. The summed E-state index contributed by atoms with van der Waals surface area (Å²) in [5.74, 6) is -0.395. The molecule has 6 heteroatoms. The summed E-state index contributed by atoms with van der Waals surface area (Å²) in [6, 6.07) is -0.612. The summed E-state index contributed by atoms with van der Waals surface area (Å²) in [4.78, 5) is 28.6. The molecule has 1 heterocycles. The molecule has 106 valence electrons. The predicted molar refractivity (Wildman–Crippen MR) is 74.3 cm³/mol. The molecule has 0 spiro atoms. The Morgan fingerprint density at radius 1 is 1.37 bits per heavy atom. The summed E-state index contributed by atoms with van der Waals surface area (Å²) in [6.07, 6.45) is 0.551. The van der Waals surface area contributed by atoms with Crippen molar-refractivity contribution in [3.63, 3.8) is 0 Å². The average molecular weight is 284 g/mol. The highest BCUT2D eigenvalue weighted by Gasteiger charge is 2.24. The van der Waals surface area contributed by atoms with E-state index in [4.69, 9.17) is 4.74 Å². The number of nitrogens with one attached hydrogen (secondary N) is 1. The first-order chi connectivity index (χ1) is 8.85. The number of methoxy groups -OCH3 is 1. The summed E-state index contributed by atoms with van der Waals surface area (Å²) >= 11 is 1.33. The molecule has 1 N–H and O–H groups in total. The molecular weight excluding hydrogens is 264 g/mol. The van der Waals surface area contributed by atoms with E-state index in [0.717, 1.165) is 5.01 Å². The highest BCUT2D eigenvalue weighted by molar-refractivity contribution is 7.13. The van der Waals surface area contributed by atoms with Gasteiger partial charge in [0.15, 0.2) is 0 Å². The van der Waals surface area contributed by atoms with Crippen LogP contribution in [0.4, 0.5) is 0 Å². The fraction of sp³-hybridized carbons (Fsp3) is 0.615. The van der Waals surface area contributed by atoms with E-state index in [9.17, 15) is 9.59 Å². The topological polar surface area (TPSA) is 68.3 Å². The molecule has 5 nitrogen and oxygen atoms in total. The van der Waals surface area contributed by atoms with E-state index < -0.39 is 12.0 Å². The predicted octanol–water partition coefficient (Wildman–Crippen LogP) is 2.08. The normalized spacial score (nSPS) is 12.3. The van der Waals surface area contributed by atoms with Gasteiger partial charge in [-0.1, -0.05) is 13.8 Å². The summed E-state index contributed by atoms with van der Waals surface area (Å²) in [5, 5.41) is 3.56. The van der Waals surface area contributed by atoms with Crippen molar-refractivity contribution < 1.29 is 14.3 Å². The number of nitrogens with zero attached hydrogens (tertiary/aromatic N) is 1. The smallest absolute Gasteiger partial charge is 0.328 e. The van der Waals surface area contributed by atoms with Gasteiger partial charge >= 0.3 is 5.97 Å². The fourth-order valence-corrected chi connectivity index (χ4v) is 2.62. The van der Waals surface area contributed by atoms with Crippen molar-refractivity contribution in [2.24, 2.45) is 5.92 Å². The highest BCUT2D eigenvalue weighted by atomic mass is 32.1. The Kier molecular flexibility index (Phi) is 5.47. The van der Waals surface area contributed by atoms with Gasteiger partial charge in [0.05, 0.1) is 17.8 Å². The Labute approximate surface area is 117 Å². The van der Waals surface area contributed by atoms with Crippen LogP contribution in [-0.2, 0) is 9.53 Å². The maximum absolute atomic E-state index is 12.1. The van der Waals surface area contributed by atoms with Crippen LogP contribution >= 0.6 is 11.3 Å². The lowest BCUT2D eigenvalue weighted by Gasteiger charge is -2.17. The monoisotopic (exact) mass is 284 g/mol. The second-order valence-electron chi connectivity index (χ2n) is 4.83. The van der Waals surface area contributed by atoms with Gasteiger partial charge in [-0.15, -0.1) is 11.3 Å². The Balaban J connectivity index is 2.81. The molecular formula is C13H20N2O3S. The third kappa shape index (κ3) is 4.31. The van der Waals surface area contributed by atoms with E-state index in [1.807, 2.05) is 20.8 Å². The Morgan fingerprint density at radius 2 is 2.00 bits per heavy atom. The average Bonchev–Trinajstić information content (AvgIpc) is 2.66. The van der Waals surface area contributed by atoms with E-state index >= 15 is 0 Å². The molecule has 1 aromatic heterocycles. The Hall–Kier alpha value is -1.43. The molecule has 0 aliphatic heterocycles. The lowest BCUT2D eigenvalue weighted by molar-refractivity contribution is -0.143. The number of ether oxygens (including phenoxy) is 1. The van der Waals surface area contributed by atoms with Crippen molar-refractivity contribution >= 4 is 23.2 Å². The van der Waals surface area contributed by atoms with E-state index in [0.29, 0.717) is 17.0 Å². The first-order valence-electron chi connectivity index (χ1n) is 6.17. The number of hydrogen-bond donors (Lipinski definition) is 1. The van der Waals surface area contributed by atoms with Gasteiger partial charge in [0.1, 0.15) is 10.9 Å². The molecule has 0 unspecified atom stereocenters. The molecule has 0 saturated carbocycles. The van der Waals surface area contributed by atoms with E-state index in [2.05, 4.69) is 10.3 Å². The second kappa shape index (κ2) is 6.65. The van der Waals surface area contributed by atoms with Crippen LogP contribution in [0, 0.1) is 19.8 Å². The van der Waals surface area contributed by atoms with Gasteiger partial charge in [-0.3, -0.25) is 4.79 Å². The Morgan fingerprint density at radius 3 is 2.42 bits per heavy atom. The molecule has 1 aromatic rings. The van der Waals surface area contributed by atoms with Crippen molar-refractivity contribution in [1.82, 2.24) is 10.3 Å². The van der Waals surface area contributed by atoms with E-state index in [1.165, 1.54) is 18.4 Å². The van der Waals surface area contributed by atoms with Gasteiger partial charge in [0.25, 0.3) is 5.91 Å². The summed E-state index contributed by atoms with van der Waals surface area (Å²) < 4.78 is 4.72. The van der Waals surface area contributed by atoms with Crippen molar-refractivity contribution in [1.29, 1.82) is 0 Å². The van der Waals surface area contributed by atoms with Crippen molar-refractivity contribution in [2.45, 2.75) is 40.2 Å². The molecule has 0 fully saturated rings. The quantitative estimate of drug-likeness (QED) is 0.841. The fourth-order valence-electron chi connectivity index (χ4n) is 1.79. The summed E-state index contributed by atoms with van der Waals surface area (Å²) in [7, 11) is 1.32. The van der Waals surface area contributed by atoms with Crippen molar-refractivity contribution in [3.05, 3.63) is 15.6 Å². The Bertz CT molecular complexity index is 468. The molecule has 0 saturated heterocycles. The summed E-state index contributed by atoms with van der Waals surface area (Å²) in [5.41, 5.74) is 0.688. The molecule has 0 radical (unpaired) electrons. The van der Waals surface area contributed by atoms with Gasteiger partial charge in [0, 0.05) is 0 Å². The molecule has 0 aliphatic rings. The molecule has 1 atom stereocenters. The van der Waals surface area contributed by atoms with Crippen LogP contribution in [0.3, 0.4) is 0 Å². The van der Waals surface area contributed by atoms with Crippen LogP contribution in [0.15, 0.2) is 0 Å². The second-order valence-corrected chi connectivity index (χ2v) is 6.03. The van der Waals surface area contributed by atoms with Crippen molar-refractivity contribution in [2.75, 3.05) is 7.11 Å². The maximum Gasteiger partial charge on any atom is 0.328 e. The SMILES string of the molecule is COC(=O)[C@@H](CC(C)C)NC(=O)c1sc(C)nc1C. The van der Waals surface area contributed by atoms with Crippen LogP contribution in [0.1, 0.15) is 40.6 Å². The van der Waals surface area contributed by atoms with Crippen LogP contribution in [0.5, 0.6) is 0 Å². The molecule has 0 bridgehead atoms. The minimum atomic E-state index is -0.612. The molecule has 19 heavy (non-hydrogen) atoms. The van der Waals surface area contributed by atoms with Gasteiger partial charge < -0.3 is 10.1 Å². The molecule has 1 amide bonds. The number of rotatable bonds is 5. The number of hydrogen-bond acceptors (Lipinski definition) is 5. The first kappa shape index (κ1) is 15.6. The number of amides is 1. The van der Waals surface area contributed by atoms with Crippen LogP contribution in [-0.4, -0.2) is 30.0 Å². The number of carbonyl (C=O) groups excluding carboxylic acids is 2. The molecule has 0 aliphatic carbocycles. The third-order valence-electron chi connectivity index (χ3n) is 2.61. The van der Waals surface area contributed by atoms with Crippen LogP contribution in [0.25, 0.3) is 0 Å². The standard InChI is InChI=1S/C13H20N2O3S/c1-7(2)6-10(13(17)18-5)15-12(16)11-8(3)14-9(4)19-11/h7,10H,6H2,1-5H3,(H,15,16)/t10-/m1/s1. The number of esters is 1. The van der Waals surface area contributed by atoms with Crippen LogP contribution in [0.2, 0.25) is 0 Å². The van der Waals surface area contributed by atoms with Gasteiger partial charge in [-0.2, -0.15) is 0 Å². The number of aromatic nitrogens is 1. The van der Waals surface area contributed by atoms with Crippen molar-refractivity contribution in [3.8, 4) is 0 Å². The molecule has 0 aromatic carbocycles. The van der Waals surface area contributed by atoms with Crippen LogP contribution < -0.4 is 5.32 Å². The highest BCUT2D eigenvalue weighted by Crippen LogP contribution is 2.17. The minimum Gasteiger partial charge on any atom is -0.467 e. The first-order valence-corrected chi connectivity index (χ1v) is 6.99. The number of thiazole rings is 1. The van der Waals surface area contributed by atoms with E-state index in [1.54, 1.807) is 6.92 Å². The summed E-state index contributed by atoms with van der Waals surface area (Å²) in [6.45, 7) is 7.61.